The van der Waals surface area contributed by atoms with Crippen molar-refractivity contribution in [2.24, 2.45) is 5.92 Å². The normalized spacial score (nSPS) is 17.1. The number of aliphatic hydroxyl groups excluding tert-OH is 1. The number of benzene rings is 3. The van der Waals surface area contributed by atoms with Gasteiger partial charge in [-0.3, -0.25) is 14.5 Å². The van der Waals surface area contributed by atoms with Gasteiger partial charge < -0.3 is 14.6 Å². The molecule has 1 fully saturated rings. The lowest BCUT2D eigenvalue weighted by molar-refractivity contribution is -0.132. The smallest absolute Gasteiger partial charge is 0.300 e. The van der Waals surface area contributed by atoms with Crippen molar-refractivity contribution in [2.45, 2.75) is 46.8 Å². The second kappa shape index (κ2) is 10.9. The van der Waals surface area contributed by atoms with Crippen LogP contribution < -0.4 is 14.4 Å². The third-order valence-electron chi connectivity index (χ3n) is 6.01. The summed E-state index contributed by atoms with van der Waals surface area (Å²) in [6.45, 7) is 10.5. The first-order chi connectivity index (χ1) is 17.7. The van der Waals surface area contributed by atoms with Crippen molar-refractivity contribution in [1.29, 1.82) is 0 Å². The zero-order chi connectivity index (χ0) is 26.7. The summed E-state index contributed by atoms with van der Waals surface area (Å²) >= 11 is 0. The highest BCUT2D eigenvalue weighted by Crippen LogP contribution is 2.43. The molecule has 0 saturated carbocycles. The van der Waals surface area contributed by atoms with E-state index in [0.717, 1.165) is 5.56 Å². The predicted octanol–water partition coefficient (Wildman–Crippen LogP) is 6.44. The standard InChI is InChI=1S/C31H33NO5/c1-19(2)18-36-26-8-6-7-23(17-26)28-27(29(33)22-11-15-25(16-12-22)37-20(3)4)30(34)31(35)32(28)24-13-9-21(5)10-14-24/h6-17,19-20,28,33H,18H2,1-5H3/b29-27-. The Kier molecular flexibility index (Phi) is 7.67. The number of hydrogen-bond donors (Lipinski definition) is 1. The number of aliphatic hydroxyl groups is 1. The lowest BCUT2D eigenvalue weighted by Gasteiger charge is -2.26. The van der Waals surface area contributed by atoms with Crippen LogP contribution >= 0.6 is 0 Å². The van der Waals surface area contributed by atoms with E-state index in [1.165, 1.54) is 4.90 Å². The molecule has 1 heterocycles. The second-order valence-corrected chi connectivity index (χ2v) is 9.97. The van der Waals surface area contributed by atoms with Crippen LogP contribution in [-0.4, -0.2) is 29.5 Å². The third kappa shape index (κ3) is 5.69. The molecule has 0 spiro atoms. The maximum Gasteiger partial charge on any atom is 0.300 e. The number of hydrogen-bond acceptors (Lipinski definition) is 5. The zero-order valence-corrected chi connectivity index (χ0v) is 21.9. The average molecular weight is 500 g/mol. The number of ketones is 1. The minimum atomic E-state index is -0.822. The van der Waals surface area contributed by atoms with Gasteiger partial charge in [0.1, 0.15) is 17.3 Å². The van der Waals surface area contributed by atoms with Crippen LogP contribution in [0, 0.1) is 12.8 Å². The zero-order valence-electron chi connectivity index (χ0n) is 21.9. The van der Waals surface area contributed by atoms with Crippen molar-refractivity contribution in [3.8, 4) is 11.5 Å². The topological polar surface area (TPSA) is 76.1 Å². The summed E-state index contributed by atoms with van der Waals surface area (Å²) in [6, 6.07) is 20.8. The van der Waals surface area contributed by atoms with Gasteiger partial charge in [0.05, 0.1) is 24.3 Å². The molecule has 1 saturated heterocycles. The molecule has 3 aromatic carbocycles. The summed E-state index contributed by atoms with van der Waals surface area (Å²) in [5.74, 6) is -0.0381. The fourth-order valence-corrected chi connectivity index (χ4v) is 4.28. The minimum Gasteiger partial charge on any atom is -0.507 e. The van der Waals surface area contributed by atoms with Crippen molar-refractivity contribution in [2.75, 3.05) is 11.5 Å². The van der Waals surface area contributed by atoms with Gasteiger partial charge in [-0.05, 0) is 80.8 Å². The van der Waals surface area contributed by atoms with Crippen LogP contribution in [0.4, 0.5) is 5.69 Å². The van der Waals surface area contributed by atoms with E-state index in [0.29, 0.717) is 40.8 Å². The van der Waals surface area contributed by atoms with Crippen molar-refractivity contribution in [3.05, 3.63) is 95.1 Å². The Bertz CT molecular complexity index is 1310. The second-order valence-electron chi connectivity index (χ2n) is 9.97. The molecule has 4 rings (SSSR count). The number of carbonyl (C=O) groups is 2. The Morgan fingerprint density at radius 3 is 2.22 bits per heavy atom. The van der Waals surface area contributed by atoms with Gasteiger partial charge in [-0.2, -0.15) is 0 Å². The SMILES string of the molecule is Cc1ccc(N2C(=O)C(=O)/C(=C(\O)c3ccc(OC(C)C)cc3)C2c2cccc(OCC(C)C)c2)cc1. The number of Topliss-reactive ketones (excluding diaryl/α,β-unsaturated/α-hetero) is 1. The maximum atomic E-state index is 13.4. The van der Waals surface area contributed by atoms with Crippen LogP contribution in [0.15, 0.2) is 78.4 Å². The Labute approximate surface area is 218 Å². The third-order valence-corrected chi connectivity index (χ3v) is 6.01. The molecule has 0 bridgehead atoms. The molecule has 1 atom stereocenters. The summed E-state index contributed by atoms with van der Waals surface area (Å²) < 4.78 is 11.6. The Morgan fingerprint density at radius 2 is 1.59 bits per heavy atom. The first kappa shape index (κ1) is 26.0. The predicted molar refractivity (Wildman–Crippen MR) is 145 cm³/mol. The Balaban J connectivity index is 1.84. The van der Waals surface area contributed by atoms with Gasteiger partial charge in [0.2, 0.25) is 0 Å². The van der Waals surface area contributed by atoms with E-state index in [2.05, 4.69) is 13.8 Å². The largest absolute Gasteiger partial charge is 0.507 e. The molecule has 0 aliphatic carbocycles. The van der Waals surface area contributed by atoms with E-state index in [1.807, 2.05) is 69.3 Å². The molecule has 37 heavy (non-hydrogen) atoms. The van der Waals surface area contributed by atoms with E-state index in [4.69, 9.17) is 9.47 Å². The van der Waals surface area contributed by atoms with E-state index >= 15 is 0 Å². The lowest BCUT2D eigenvalue weighted by atomic mass is 9.95. The molecule has 6 nitrogen and oxygen atoms in total. The molecule has 3 aromatic rings. The number of nitrogens with zero attached hydrogens (tertiary/aromatic N) is 1. The molecule has 1 aliphatic rings. The number of anilines is 1. The highest BCUT2D eigenvalue weighted by atomic mass is 16.5. The van der Waals surface area contributed by atoms with E-state index < -0.39 is 17.7 Å². The number of aryl methyl sites for hydroxylation is 1. The van der Waals surface area contributed by atoms with Crippen LogP contribution in [0.3, 0.4) is 0 Å². The van der Waals surface area contributed by atoms with Gasteiger partial charge in [-0.1, -0.05) is 43.7 Å². The van der Waals surface area contributed by atoms with E-state index in [9.17, 15) is 14.7 Å². The molecule has 1 amide bonds. The highest BCUT2D eigenvalue weighted by Gasteiger charge is 2.47. The molecule has 1 aliphatic heterocycles. The first-order valence-corrected chi connectivity index (χ1v) is 12.5. The van der Waals surface area contributed by atoms with E-state index in [-0.39, 0.29) is 17.4 Å². The number of ether oxygens (including phenoxy) is 2. The molecule has 6 heteroatoms. The Hall–Kier alpha value is -4.06. The molecule has 1 unspecified atom stereocenters. The minimum absolute atomic E-state index is 0.00414. The van der Waals surface area contributed by atoms with Crippen LogP contribution in [0.5, 0.6) is 11.5 Å². The summed E-state index contributed by atoms with van der Waals surface area (Å²) in [5, 5.41) is 11.4. The van der Waals surface area contributed by atoms with Gasteiger partial charge in [0, 0.05) is 11.3 Å². The van der Waals surface area contributed by atoms with Gasteiger partial charge in [-0.15, -0.1) is 0 Å². The van der Waals surface area contributed by atoms with Crippen molar-refractivity contribution in [1.82, 2.24) is 0 Å². The van der Waals surface area contributed by atoms with Gasteiger partial charge in [0.25, 0.3) is 11.7 Å². The van der Waals surface area contributed by atoms with Crippen LogP contribution in [0.2, 0.25) is 0 Å². The fraction of sp³-hybridized carbons (Fsp3) is 0.290. The van der Waals surface area contributed by atoms with E-state index in [1.54, 1.807) is 24.3 Å². The molecular formula is C31H33NO5. The quantitative estimate of drug-likeness (QED) is 0.219. The monoisotopic (exact) mass is 499 g/mol. The molecule has 0 radical (unpaired) electrons. The average Bonchev–Trinajstić information content (AvgIpc) is 3.13. The summed E-state index contributed by atoms with van der Waals surface area (Å²) in [6.07, 6.45) is 0.00414. The lowest BCUT2D eigenvalue weighted by Crippen LogP contribution is -2.29. The Morgan fingerprint density at radius 1 is 0.919 bits per heavy atom. The van der Waals surface area contributed by atoms with Gasteiger partial charge >= 0.3 is 0 Å². The first-order valence-electron chi connectivity index (χ1n) is 12.5. The van der Waals surface area contributed by atoms with Crippen LogP contribution in [-0.2, 0) is 9.59 Å². The van der Waals surface area contributed by atoms with Crippen molar-refractivity contribution < 1.29 is 24.2 Å². The summed E-state index contributed by atoms with van der Waals surface area (Å²) in [4.78, 5) is 28.2. The van der Waals surface area contributed by atoms with Crippen LogP contribution in [0.25, 0.3) is 5.76 Å². The molecule has 1 N–H and O–H groups in total. The van der Waals surface area contributed by atoms with Crippen molar-refractivity contribution in [3.63, 3.8) is 0 Å². The highest BCUT2D eigenvalue weighted by molar-refractivity contribution is 6.51. The summed E-state index contributed by atoms with van der Waals surface area (Å²) in [7, 11) is 0. The van der Waals surface area contributed by atoms with Gasteiger partial charge in [0.15, 0.2) is 0 Å². The fourth-order valence-electron chi connectivity index (χ4n) is 4.28. The molecule has 192 valence electrons. The number of rotatable bonds is 8. The maximum absolute atomic E-state index is 13.4. The summed E-state index contributed by atoms with van der Waals surface area (Å²) in [5.41, 5.74) is 2.73. The number of carbonyl (C=O) groups excluding carboxylic acids is 2. The molecular weight excluding hydrogens is 466 g/mol. The van der Waals surface area contributed by atoms with Crippen LogP contribution in [0.1, 0.15) is 50.4 Å². The number of amides is 1. The molecule has 0 aromatic heterocycles. The van der Waals surface area contributed by atoms with Gasteiger partial charge in [-0.25, -0.2) is 0 Å². The van der Waals surface area contributed by atoms with Crippen molar-refractivity contribution >= 4 is 23.1 Å².